The zero-order valence-corrected chi connectivity index (χ0v) is 11.0. The maximum Gasteiger partial charge on any atom is 0.336 e. The molecule has 0 amide bonds. The molecule has 0 unspecified atom stereocenters. The molecule has 2 rings (SSSR count). The van der Waals surface area contributed by atoms with Gasteiger partial charge in [-0.3, -0.25) is 0 Å². The molecule has 2 nitrogen and oxygen atoms in total. The third-order valence-corrected chi connectivity index (χ3v) is 3.28. The maximum atomic E-state index is 13.1. The highest BCUT2D eigenvalue weighted by Crippen LogP contribution is 2.32. The van der Waals surface area contributed by atoms with Crippen molar-refractivity contribution in [1.82, 2.24) is 0 Å². The SMILES string of the molecule is CCc1cccc(-c2ccc(F)cc2Cl)c1C(=O)O. The normalized spacial score (nSPS) is 10.5. The van der Waals surface area contributed by atoms with Crippen LogP contribution in [0.3, 0.4) is 0 Å². The zero-order chi connectivity index (χ0) is 14.0. The zero-order valence-electron chi connectivity index (χ0n) is 10.3. The number of rotatable bonds is 3. The molecular formula is C15H12ClFO2. The Labute approximate surface area is 115 Å². The average molecular weight is 279 g/mol. The molecule has 0 aliphatic carbocycles. The summed E-state index contributed by atoms with van der Waals surface area (Å²) in [6.45, 7) is 1.89. The molecule has 0 saturated carbocycles. The van der Waals surface area contributed by atoms with Crippen LogP contribution in [0.4, 0.5) is 4.39 Å². The molecule has 0 aromatic heterocycles. The summed E-state index contributed by atoms with van der Waals surface area (Å²) in [6.07, 6.45) is 0.605. The van der Waals surface area contributed by atoms with Crippen LogP contribution in [-0.2, 0) is 6.42 Å². The van der Waals surface area contributed by atoms with Gasteiger partial charge in [-0.25, -0.2) is 9.18 Å². The highest BCUT2D eigenvalue weighted by atomic mass is 35.5. The van der Waals surface area contributed by atoms with Crippen LogP contribution >= 0.6 is 11.6 Å². The molecule has 0 atom stereocenters. The molecule has 0 aliphatic heterocycles. The van der Waals surface area contributed by atoms with E-state index >= 15 is 0 Å². The average Bonchev–Trinajstić information content (AvgIpc) is 2.37. The topological polar surface area (TPSA) is 37.3 Å². The number of benzene rings is 2. The minimum Gasteiger partial charge on any atom is -0.478 e. The summed E-state index contributed by atoms with van der Waals surface area (Å²) in [7, 11) is 0. The predicted octanol–water partition coefficient (Wildman–Crippen LogP) is 4.41. The molecule has 0 bridgehead atoms. The second kappa shape index (κ2) is 5.41. The standard InChI is InChI=1S/C15H12ClFO2/c1-2-9-4-3-5-12(14(9)15(18)19)11-7-6-10(17)8-13(11)16/h3-8H,2H2,1H3,(H,18,19). The van der Waals surface area contributed by atoms with E-state index in [1.165, 1.54) is 18.2 Å². The molecule has 0 fully saturated rings. The van der Waals surface area contributed by atoms with E-state index < -0.39 is 11.8 Å². The molecule has 98 valence electrons. The van der Waals surface area contributed by atoms with Gasteiger partial charge in [0.15, 0.2) is 0 Å². The van der Waals surface area contributed by atoms with Crippen molar-refractivity contribution in [2.24, 2.45) is 0 Å². The van der Waals surface area contributed by atoms with Gasteiger partial charge in [-0.1, -0.05) is 36.7 Å². The van der Waals surface area contributed by atoms with E-state index in [9.17, 15) is 14.3 Å². The van der Waals surface area contributed by atoms with Crippen molar-refractivity contribution in [3.63, 3.8) is 0 Å². The Kier molecular flexibility index (Phi) is 3.86. The molecule has 4 heteroatoms. The fourth-order valence-electron chi connectivity index (χ4n) is 2.08. The van der Waals surface area contributed by atoms with E-state index in [-0.39, 0.29) is 10.6 Å². The van der Waals surface area contributed by atoms with Gasteiger partial charge in [0.2, 0.25) is 0 Å². The number of carbonyl (C=O) groups is 1. The van der Waals surface area contributed by atoms with Crippen molar-refractivity contribution in [1.29, 1.82) is 0 Å². The number of aromatic carboxylic acids is 1. The fraction of sp³-hybridized carbons (Fsp3) is 0.133. The van der Waals surface area contributed by atoms with Crippen molar-refractivity contribution in [3.05, 3.63) is 58.4 Å². The highest BCUT2D eigenvalue weighted by molar-refractivity contribution is 6.33. The smallest absolute Gasteiger partial charge is 0.336 e. The third-order valence-electron chi connectivity index (χ3n) is 2.97. The van der Waals surface area contributed by atoms with Gasteiger partial charge in [0.1, 0.15) is 5.82 Å². The van der Waals surface area contributed by atoms with E-state index in [2.05, 4.69) is 0 Å². The van der Waals surface area contributed by atoms with Gasteiger partial charge < -0.3 is 5.11 Å². The Morgan fingerprint density at radius 2 is 2.00 bits per heavy atom. The Bertz CT molecular complexity index is 638. The van der Waals surface area contributed by atoms with Gasteiger partial charge in [0, 0.05) is 5.56 Å². The third kappa shape index (κ3) is 2.61. The minimum atomic E-state index is -1.01. The fourth-order valence-corrected chi connectivity index (χ4v) is 2.35. The molecule has 2 aromatic rings. The van der Waals surface area contributed by atoms with E-state index in [0.717, 1.165) is 5.56 Å². The monoisotopic (exact) mass is 278 g/mol. The number of hydrogen-bond acceptors (Lipinski definition) is 1. The lowest BCUT2D eigenvalue weighted by molar-refractivity contribution is 0.0696. The van der Waals surface area contributed by atoms with Crippen LogP contribution in [0.5, 0.6) is 0 Å². The van der Waals surface area contributed by atoms with Crippen LogP contribution in [0.1, 0.15) is 22.8 Å². The first-order valence-corrected chi connectivity index (χ1v) is 6.23. The van der Waals surface area contributed by atoms with E-state index in [1.54, 1.807) is 18.2 Å². The van der Waals surface area contributed by atoms with Gasteiger partial charge in [-0.15, -0.1) is 0 Å². The van der Waals surface area contributed by atoms with Crippen molar-refractivity contribution in [2.45, 2.75) is 13.3 Å². The van der Waals surface area contributed by atoms with Crippen molar-refractivity contribution in [2.75, 3.05) is 0 Å². The molecule has 0 aliphatic rings. The van der Waals surface area contributed by atoms with Crippen molar-refractivity contribution < 1.29 is 14.3 Å². The van der Waals surface area contributed by atoms with Gasteiger partial charge in [0.05, 0.1) is 10.6 Å². The van der Waals surface area contributed by atoms with Crippen LogP contribution in [0.25, 0.3) is 11.1 Å². The maximum absolute atomic E-state index is 13.1. The van der Waals surface area contributed by atoms with Crippen LogP contribution in [0.15, 0.2) is 36.4 Å². The second-order valence-electron chi connectivity index (χ2n) is 4.12. The molecule has 0 radical (unpaired) electrons. The largest absolute Gasteiger partial charge is 0.478 e. The van der Waals surface area contributed by atoms with Crippen LogP contribution in [-0.4, -0.2) is 11.1 Å². The lowest BCUT2D eigenvalue weighted by Crippen LogP contribution is -2.04. The molecule has 1 N–H and O–H groups in total. The van der Waals surface area contributed by atoms with Gasteiger partial charge in [0.25, 0.3) is 0 Å². The summed E-state index contributed by atoms with van der Waals surface area (Å²) < 4.78 is 13.1. The van der Waals surface area contributed by atoms with Crippen molar-refractivity contribution in [3.8, 4) is 11.1 Å². The molecule has 2 aromatic carbocycles. The first-order valence-electron chi connectivity index (χ1n) is 5.85. The Hall–Kier alpha value is -1.87. The van der Waals surface area contributed by atoms with Gasteiger partial charge in [-0.2, -0.15) is 0 Å². The van der Waals surface area contributed by atoms with Crippen LogP contribution in [0.2, 0.25) is 5.02 Å². The van der Waals surface area contributed by atoms with Crippen LogP contribution < -0.4 is 0 Å². The molecule has 0 spiro atoms. The second-order valence-corrected chi connectivity index (χ2v) is 4.53. The summed E-state index contributed by atoms with van der Waals surface area (Å²) in [6, 6.07) is 9.18. The Morgan fingerprint density at radius 3 is 2.58 bits per heavy atom. The number of carboxylic acid groups (broad SMARTS) is 1. The Balaban J connectivity index is 2.71. The van der Waals surface area contributed by atoms with Crippen LogP contribution in [0, 0.1) is 5.82 Å². The highest BCUT2D eigenvalue weighted by Gasteiger charge is 2.17. The van der Waals surface area contributed by atoms with Crippen molar-refractivity contribution >= 4 is 17.6 Å². The first kappa shape index (κ1) is 13.6. The lowest BCUT2D eigenvalue weighted by atomic mass is 9.94. The summed E-state index contributed by atoms with van der Waals surface area (Å²) in [5.41, 5.74) is 1.98. The number of aryl methyl sites for hydroxylation is 1. The Morgan fingerprint density at radius 1 is 1.26 bits per heavy atom. The molecule has 19 heavy (non-hydrogen) atoms. The van der Waals surface area contributed by atoms with Gasteiger partial charge in [-0.05, 0) is 35.7 Å². The molecular weight excluding hydrogens is 267 g/mol. The molecule has 0 saturated heterocycles. The van der Waals surface area contributed by atoms with E-state index in [4.69, 9.17) is 11.6 Å². The number of hydrogen-bond donors (Lipinski definition) is 1. The minimum absolute atomic E-state index is 0.204. The summed E-state index contributed by atoms with van der Waals surface area (Å²) in [5, 5.41) is 9.57. The molecule has 0 heterocycles. The first-order chi connectivity index (χ1) is 9.04. The summed E-state index contributed by atoms with van der Waals surface area (Å²) >= 11 is 6.00. The van der Waals surface area contributed by atoms with E-state index in [0.29, 0.717) is 17.5 Å². The predicted molar refractivity (Wildman–Crippen MR) is 73.2 cm³/mol. The quantitative estimate of drug-likeness (QED) is 0.903. The lowest BCUT2D eigenvalue weighted by Gasteiger charge is -2.12. The summed E-state index contributed by atoms with van der Waals surface area (Å²) in [4.78, 5) is 11.4. The number of carboxylic acids is 1. The summed E-state index contributed by atoms with van der Waals surface area (Å²) in [5.74, 6) is -1.45. The van der Waals surface area contributed by atoms with Gasteiger partial charge >= 0.3 is 5.97 Å². The number of halogens is 2. The van der Waals surface area contributed by atoms with E-state index in [1.807, 2.05) is 6.92 Å².